The molecule has 2 unspecified atom stereocenters. The molecule has 0 radical (unpaired) electrons. The van der Waals surface area contributed by atoms with Crippen LogP contribution in [0.25, 0.3) is 0 Å². The second-order valence-corrected chi connectivity index (χ2v) is 45.6. The lowest BCUT2D eigenvalue weighted by Gasteiger charge is -2.41. The summed E-state index contributed by atoms with van der Waals surface area (Å²) in [7, 11) is 1.00. The molecular weight excluding hydrogens is 1840 g/mol. The van der Waals surface area contributed by atoms with Crippen LogP contribution in [0.4, 0.5) is 49.5 Å². The van der Waals surface area contributed by atoms with Crippen molar-refractivity contribution in [2.24, 2.45) is 17.2 Å². The van der Waals surface area contributed by atoms with Gasteiger partial charge in [-0.15, -0.1) is 0 Å². The number of hydrogen-bond donors (Lipinski definition) is 12. The van der Waals surface area contributed by atoms with E-state index in [9.17, 15) is 54.3 Å². The molecular formula is C107H153F8N9O9S4. The molecule has 5 fully saturated rings. The lowest BCUT2D eigenvalue weighted by atomic mass is 9.74. The third-order valence-electron chi connectivity index (χ3n) is 23.9. The number of amides is 4. The molecule has 0 bridgehead atoms. The number of rotatable bonds is 25. The van der Waals surface area contributed by atoms with Crippen LogP contribution < -0.4 is 49.1 Å². The quantitative estimate of drug-likeness (QED) is 0.00833. The molecule has 760 valence electrons. The number of epoxide rings is 1. The van der Waals surface area contributed by atoms with Gasteiger partial charge in [-0.1, -0.05) is 193 Å². The number of benzene rings is 7. The van der Waals surface area contributed by atoms with Gasteiger partial charge in [0.2, 0.25) is 5.91 Å². The van der Waals surface area contributed by atoms with Gasteiger partial charge in [0.05, 0.1) is 12.6 Å². The van der Waals surface area contributed by atoms with Crippen LogP contribution in [0.1, 0.15) is 283 Å². The number of hydrogen-bond acceptors (Lipinski definition) is 16. The third kappa shape index (κ3) is 43.0. The summed E-state index contributed by atoms with van der Waals surface area (Å²) < 4.78 is 129. The fourth-order valence-electron chi connectivity index (χ4n) is 16.9. The first-order valence-electron chi connectivity index (χ1n) is 47.5. The van der Waals surface area contributed by atoms with Crippen molar-refractivity contribution in [3.05, 3.63) is 248 Å². The second kappa shape index (κ2) is 53.1. The van der Waals surface area contributed by atoms with Crippen molar-refractivity contribution < 1.29 is 78.4 Å². The standard InChI is InChI=1S/C31H44F2N2O2S.C28H38F2N2OS.C16H25N.C15H19F2NO3.C15H19F2NO2S.CH4N2S.CH4O/c1-29(2,3)22-11-10-12-23(18-22)31(13-8-7-9-14-31)34-20-27(38)26(35-28(36)37-30(4,5)6)17-21-15-24(32)19-25(33)16-21;1-19(33)32-25(15-20-13-23(29)17-24(30)14-20)26(34)18-31-28(11-6-5-7-12-28)22-10-8-9-21(16-22)27(2,3)4;1-15(2,3)13-8-7-9-14(12-13)16(17)10-5-4-6-11-16;1-15(2,3)21-14(19)18-12(13-8-20-13)6-9-4-10(16)7-11(17)5-9;1-15(2,3)20-14(19)18-12(13-8-21-13)6-9-4-10(16)7-11(17)5-9;2-1(3)4;1-2/h10-12,15-16,18-19,26-27,34,38H,7-9,13-14,17,20H2,1-6H3,(H,35,36);8-10,13-14,16-17,25-26,31,34H,5-7,11-12,15,18H2,1-4H3,(H,32,33);7-9,12H,4-6,10-11,17H2,1-3H3;2*4-5,7,12-13H,6,8H2,1-3H3,(H,18,19);(H4,2,3,4);2H,1H3/t26-,27+;25-,26+;;2*12?,13-;;/m00.01../s1. The zero-order chi connectivity index (χ0) is 102. The van der Waals surface area contributed by atoms with Gasteiger partial charge in [-0.3, -0.25) is 4.79 Å². The smallest absolute Gasteiger partial charge is 0.407 e. The number of thiol groups is 2. The maximum Gasteiger partial charge on any atom is 0.407 e. The minimum Gasteiger partial charge on any atom is -0.444 e. The number of halogens is 8. The molecule has 13 N–H and O–H groups in total. The van der Waals surface area contributed by atoms with Crippen LogP contribution in [0, 0.1) is 46.5 Å². The van der Waals surface area contributed by atoms with Crippen LogP contribution in [0.15, 0.2) is 146 Å². The Balaban J connectivity index is 0.000000266. The number of carbonyl (C=O) groups excluding carboxylic acids is 4. The summed E-state index contributed by atoms with van der Waals surface area (Å²) in [6, 6.07) is 38.8. The van der Waals surface area contributed by atoms with Gasteiger partial charge in [-0.25, -0.2) is 49.5 Å². The second-order valence-electron chi connectivity index (χ2n) is 42.5. The van der Waals surface area contributed by atoms with Crippen molar-refractivity contribution in [1.82, 2.24) is 31.9 Å². The molecule has 18 nitrogen and oxygen atoms in total. The molecule has 0 spiro atoms. The highest BCUT2D eigenvalue weighted by Gasteiger charge is 2.41. The van der Waals surface area contributed by atoms with Crippen molar-refractivity contribution in [1.29, 1.82) is 0 Å². The highest BCUT2D eigenvalue weighted by Crippen LogP contribution is 2.43. The van der Waals surface area contributed by atoms with E-state index in [1.54, 1.807) is 74.1 Å². The topological polar surface area (TPSA) is 279 Å². The number of thioether (sulfide) groups is 1. The monoisotopic (exact) mass is 1990 g/mol. The Morgan fingerprint density at radius 1 is 0.431 bits per heavy atom. The van der Waals surface area contributed by atoms with Gasteiger partial charge >= 0.3 is 18.3 Å². The zero-order valence-electron chi connectivity index (χ0n) is 83.9. The number of aliphatic hydroxyl groups excluding tert-OH is 1. The minimum absolute atomic E-state index is 0.000000000000000222. The number of carbonyl (C=O) groups is 4. The van der Waals surface area contributed by atoms with Crippen LogP contribution in [-0.2, 0) is 82.3 Å². The largest absolute Gasteiger partial charge is 0.444 e. The lowest BCUT2D eigenvalue weighted by Crippen LogP contribution is -2.52. The van der Waals surface area contributed by atoms with Crippen molar-refractivity contribution in [3.8, 4) is 0 Å². The van der Waals surface area contributed by atoms with Crippen molar-refractivity contribution in [2.75, 3.05) is 32.6 Å². The highest BCUT2D eigenvalue weighted by atomic mass is 32.2. The highest BCUT2D eigenvalue weighted by molar-refractivity contribution is 8.07. The molecule has 7 aromatic carbocycles. The van der Waals surface area contributed by atoms with Crippen LogP contribution in [0.5, 0.6) is 0 Å². The Hall–Kier alpha value is -8.20. The third-order valence-corrected chi connectivity index (χ3v) is 26.0. The van der Waals surface area contributed by atoms with E-state index < -0.39 is 87.7 Å². The molecule has 2 saturated heterocycles. The van der Waals surface area contributed by atoms with E-state index in [2.05, 4.69) is 191 Å². The fourth-order valence-corrected chi connectivity index (χ4v) is 18.2. The molecule has 3 saturated carbocycles. The Bertz CT molecular complexity index is 4810. The van der Waals surface area contributed by atoms with E-state index in [0.717, 1.165) is 101 Å². The predicted octanol–water partition coefficient (Wildman–Crippen LogP) is 22.7. The average molecular weight is 1990 g/mol. The molecule has 5 aliphatic rings. The lowest BCUT2D eigenvalue weighted by molar-refractivity contribution is -0.119. The number of aliphatic hydroxyl groups is 1. The van der Waals surface area contributed by atoms with Crippen LogP contribution in [-0.4, -0.2) is 130 Å². The van der Waals surface area contributed by atoms with E-state index in [1.165, 1.54) is 121 Å². The summed E-state index contributed by atoms with van der Waals surface area (Å²) >= 11 is 15.5. The summed E-state index contributed by atoms with van der Waals surface area (Å²) in [5.74, 6) is -4.29. The van der Waals surface area contributed by atoms with Gasteiger partial charge in [0.25, 0.3) is 0 Å². The van der Waals surface area contributed by atoms with Crippen LogP contribution in [0.2, 0.25) is 0 Å². The summed E-state index contributed by atoms with van der Waals surface area (Å²) in [6.07, 6.45) is 16.7. The van der Waals surface area contributed by atoms with E-state index >= 15 is 0 Å². The van der Waals surface area contributed by atoms with Gasteiger partial charge in [-0.05, 0) is 259 Å². The molecule has 7 aromatic rings. The first kappa shape index (κ1) is 118. The molecule has 8 atom stereocenters. The van der Waals surface area contributed by atoms with E-state index in [-0.39, 0.29) is 96.7 Å². The molecule has 4 amide bonds. The van der Waals surface area contributed by atoms with Gasteiger partial charge in [-0.2, -0.15) is 37.0 Å². The number of thiocarbonyl (C=S) groups is 1. The van der Waals surface area contributed by atoms with Gasteiger partial charge < -0.3 is 73.2 Å². The summed E-state index contributed by atoms with van der Waals surface area (Å²) in [4.78, 5) is 48.2. The average Bonchev–Trinajstić information content (AvgIpc) is 1.78. The summed E-state index contributed by atoms with van der Waals surface area (Å²) in [5, 5.41) is 25.7. The van der Waals surface area contributed by atoms with E-state index in [1.807, 2.05) is 0 Å². The number of ether oxygens (including phenoxy) is 4. The SMILES string of the molecule is CC(=O)N[C@@H](Cc1cc(F)cc(F)c1)[C@H](S)CNC1(c2cccc(C(C)(C)C)c2)CCCCC1.CC(C)(C)OC(=O)NC(Cc1cc(F)cc(F)c1)[C@@H]1CO1.CC(C)(C)OC(=O)NC(Cc1cc(F)cc(F)c1)[C@H]1CS1.CC(C)(C)OC(=O)N[C@@H](Cc1cc(F)cc(F)c1)[C@H](S)CNC1(c2cccc(C(C)(C)C)c2)CCCCC1.CC(C)(C)c1cccc(C2(N)CCCCC2)c1.CO.NC(N)=S. The number of alkyl carbamates (subject to hydrolysis) is 3. The molecule has 3 aliphatic carbocycles. The van der Waals surface area contributed by atoms with Crippen LogP contribution in [0.3, 0.4) is 0 Å². The minimum atomic E-state index is -0.672. The maximum absolute atomic E-state index is 13.9. The Morgan fingerprint density at radius 2 is 0.701 bits per heavy atom. The normalized spacial score (nSPS) is 17.8. The molecule has 30 heteroatoms. The van der Waals surface area contributed by atoms with Gasteiger partial charge in [0.1, 0.15) is 69.4 Å². The zero-order valence-corrected chi connectivity index (χ0v) is 87.3. The van der Waals surface area contributed by atoms with E-state index in [0.29, 0.717) is 54.8 Å². The number of nitrogens with two attached hydrogens (primary N) is 3. The van der Waals surface area contributed by atoms with Gasteiger partial charge in [0.15, 0.2) is 5.11 Å². The van der Waals surface area contributed by atoms with Crippen molar-refractivity contribution >= 4 is 78.5 Å². The Labute approximate surface area is 830 Å². The van der Waals surface area contributed by atoms with E-state index in [4.69, 9.17) is 55.0 Å². The fraction of sp³-hybridized carbons (Fsp3) is 0.561. The predicted molar refractivity (Wildman–Crippen MR) is 548 cm³/mol. The first-order chi connectivity index (χ1) is 63.7. The molecule has 12 rings (SSSR count). The Kier molecular flexibility index (Phi) is 45.5. The maximum atomic E-state index is 13.9. The Morgan fingerprint density at radius 3 is 0.993 bits per heavy atom. The van der Waals surface area contributed by atoms with Crippen molar-refractivity contribution in [3.63, 3.8) is 0 Å². The van der Waals surface area contributed by atoms with Crippen molar-refractivity contribution in [2.45, 2.75) is 349 Å². The van der Waals surface area contributed by atoms with Gasteiger partial charge in [0, 0.05) is 108 Å². The van der Waals surface area contributed by atoms with Crippen LogP contribution >= 0.6 is 49.2 Å². The molecule has 2 heterocycles. The molecule has 2 aliphatic heterocycles. The molecule has 137 heavy (non-hydrogen) atoms. The summed E-state index contributed by atoms with van der Waals surface area (Å²) in [5.41, 5.74) is 23.7. The number of nitrogens with one attached hydrogen (secondary N) is 6. The molecule has 0 aromatic heterocycles. The first-order valence-corrected chi connectivity index (χ1v) is 50.0. The summed E-state index contributed by atoms with van der Waals surface area (Å²) in [6.45, 7) is 39.2.